The third-order valence-electron chi connectivity index (χ3n) is 4.26. The first-order valence-corrected chi connectivity index (χ1v) is 7.34. The molecule has 4 nitrogen and oxygen atoms in total. The highest BCUT2D eigenvalue weighted by Gasteiger charge is 2.25. The highest BCUT2D eigenvalue weighted by molar-refractivity contribution is 7.71. The van der Waals surface area contributed by atoms with Crippen molar-refractivity contribution in [3.8, 4) is 0 Å². The minimum Gasteiger partial charge on any atom is -0.328 e. The number of aromatic amines is 1. The number of H-pyrrole nitrogens is 1. The van der Waals surface area contributed by atoms with Gasteiger partial charge in [-0.1, -0.05) is 27.7 Å². The van der Waals surface area contributed by atoms with Gasteiger partial charge in [-0.15, -0.1) is 0 Å². The van der Waals surface area contributed by atoms with Gasteiger partial charge in [0.15, 0.2) is 10.4 Å². The average molecular weight is 280 g/mol. The van der Waals surface area contributed by atoms with Gasteiger partial charge in [0.1, 0.15) is 5.52 Å². The Morgan fingerprint density at radius 1 is 1.37 bits per heavy atom. The van der Waals surface area contributed by atoms with Crippen LogP contribution in [0, 0.1) is 23.0 Å². The zero-order valence-electron chi connectivity index (χ0n) is 12.7. The summed E-state index contributed by atoms with van der Waals surface area (Å²) in [4.78, 5) is 3.31. The van der Waals surface area contributed by atoms with E-state index in [9.17, 15) is 0 Å². The summed E-state index contributed by atoms with van der Waals surface area (Å²) < 4.78 is 5.04. The minimum atomic E-state index is 0.199. The molecule has 0 atom stereocenters. The molecule has 0 aliphatic heterocycles. The molecule has 2 heterocycles. The van der Waals surface area contributed by atoms with Crippen LogP contribution in [-0.2, 0) is 13.1 Å². The normalized spacial score (nSPS) is 12.8. The van der Waals surface area contributed by atoms with Crippen molar-refractivity contribution in [2.24, 2.45) is 11.3 Å². The van der Waals surface area contributed by atoms with Crippen LogP contribution in [0.1, 0.15) is 40.3 Å². The molecule has 19 heavy (non-hydrogen) atoms. The van der Waals surface area contributed by atoms with E-state index in [0.29, 0.717) is 5.92 Å². The summed E-state index contributed by atoms with van der Waals surface area (Å²) in [5.41, 5.74) is 3.42. The van der Waals surface area contributed by atoms with Gasteiger partial charge in [0.05, 0.1) is 5.69 Å². The van der Waals surface area contributed by atoms with Gasteiger partial charge in [0.25, 0.3) is 0 Å². The Kier molecular flexibility index (Phi) is 3.60. The van der Waals surface area contributed by atoms with Crippen LogP contribution in [0.3, 0.4) is 0 Å². The summed E-state index contributed by atoms with van der Waals surface area (Å²) in [6.45, 7) is 15.0. The first-order chi connectivity index (χ1) is 8.77. The standard InChI is InChI=1S/C14H24N4S/c1-7-18-12-11(10(4)16-18)15-13(19)17(12)8-14(5,6)9(2)3/h9H,7-8H2,1-6H3,(H,15,19). The third kappa shape index (κ3) is 2.36. The Labute approximate surface area is 119 Å². The van der Waals surface area contributed by atoms with Crippen molar-refractivity contribution in [2.45, 2.75) is 54.6 Å². The molecule has 0 aromatic carbocycles. The molecule has 0 aliphatic rings. The SMILES string of the molecule is CCn1nc(C)c2[nH]c(=S)n(CC(C)(C)C(C)C)c21. The number of imidazole rings is 1. The number of nitrogens with one attached hydrogen (secondary N) is 1. The lowest BCUT2D eigenvalue weighted by atomic mass is 9.81. The van der Waals surface area contributed by atoms with Crippen LogP contribution < -0.4 is 0 Å². The number of rotatable bonds is 4. The van der Waals surface area contributed by atoms with Gasteiger partial charge < -0.3 is 9.55 Å². The first-order valence-electron chi connectivity index (χ1n) is 6.94. The van der Waals surface area contributed by atoms with E-state index in [0.717, 1.165) is 34.7 Å². The molecule has 106 valence electrons. The van der Waals surface area contributed by atoms with Gasteiger partial charge >= 0.3 is 0 Å². The molecule has 0 fully saturated rings. The largest absolute Gasteiger partial charge is 0.328 e. The number of nitrogens with zero attached hydrogens (tertiary/aromatic N) is 3. The van der Waals surface area contributed by atoms with Crippen molar-refractivity contribution in [3.63, 3.8) is 0 Å². The molecule has 0 amide bonds. The van der Waals surface area contributed by atoms with Gasteiger partial charge in [-0.25, -0.2) is 4.68 Å². The average Bonchev–Trinajstić information content (AvgIpc) is 2.78. The predicted octanol–water partition coefficient (Wildman–Crippen LogP) is 3.91. The zero-order valence-corrected chi connectivity index (χ0v) is 13.6. The molecule has 0 aliphatic carbocycles. The summed E-state index contributed by atoms with van der Waals surface area (Å²) in [6, 6.07) is 0. The van der Waals surface area contributed by atoms with Crippen LogP contribution in [0.25, 0.3) is 11.2 Å². The van der Waals surface area contributed by atoms with E-state index >= 15 is 0 Å². The maximum absolute atomic E-state index is 5.49. The predicted molar refractivity (Wildman–Crippen MR) is 81.9 cm³/mol. The smallest absolute Gasteiger partial charge is 0.179 e. The van der Waals surface area contributed by atoms with Gasteiger partial charge in [-0.3, -0.25) is 0 Å². The Morgan fingerprint density at radius 3 is 2.53 bits per heavy atom. The molecule has 0 bridgehead atoms. The minimum absolute atomic E-state index is 0.199. The number of aryl methyl sites for hydroxylation is 2. The van der Waals surface area contributed by atoms with Crippen LogP contribution >= 0.6 is 12.2 Å². The van der Waals surface area contributed by atoms with Crippen LogP contribution in [-0.4, -0.2) is 19.3 Å². The van der Waals surface area contributed by atoms with Gasteiger partial charge in [-0.05, 0) is 37.4 Å². The lowest BCUT2D eigenvalue weighted by Crippen LogP contribution is -2.26. The molecular formula is C14H24N4S. The van der Waals surface area contributed by atoms with Crippen LogP contribution in [0.4, 0.5) is 0 Å². The molecule has 0 saturated carbocycles. The van der Waals surface area contributed by atoms with Crippen LogP contribution in [0.2, 0.25) is 0 Å². The fourth-order valence-electron chi connectivity index (χ4n) is 2.22. The number of hydrogen-bond acceptors (Lipinski definition) is 2. The molecule has 0 spiro atoms. The second kappa shape index (κ2) is 4.78. The van der Waals surface area contributed by atoms with Gasteiger partial charge in [-0.2, -0.15) is 5.10 Å². The molecule has 0 unspecified atom stereocenters. The van der Waals surface area contributed by atoms with Gasteiger partial charge in [0, 0.05) is 13.1 Å². The van der Waals surface area contributed by atoms with E-state index in [1.54, 1.807) is 0 Å². The van der Waals surface area contributed by atoms with Crippen molar-refractivity contribution < 1.29 is 0 Å². The molecule has 0 radical (unpaired) electrons. The molecule has 0 saturated heterocycles. The quantitative estimate of drug-likeness (QED) is 0.862. The molecule has 1 N–H and O–H groups in total. The molecule has 2 aromatic heterocycles. The maximum atomic E-state index is 5.49. The Morgan fingerprint density at radius 2 is 2.00 bits per heavy atom. The summed E-state index contributed by atoms with van der Waals surface area (Å²) in [5, 5.41) is 4.56. The summed E-state index contributed by atoms with van der Waals surface area (Å²) in [7, 11) is 0. The third-order valence-corrected chi connectivity index (χ3v) is 4.58. The monoisotopic (exact) mass is 280 g/mol. The van der Waals surface area contributed by atoms with E-state index < -0.39 is 0 Å². The van der Waals surface area contributed by atoms with Crippen molar-refractivity contribution in [3.05, 3.63) is 10.5 Å². The van der Waals surface area contributed by atoms with Crippen molar-refractivity contribution in [1.29, 1.82) is 0 Å². The molecule has 2 aromatic rings. The highest BCUT2D eigenvalue weighted by atomic mass is 32.1. The molecule has 2 rings (SSSR count). The number of aromatic nitrogens is 4. The van der Waals surface area contributed by atoms with E-state index in [1.165, 1.54) is 0 Å². The summed E-state index contributed by atoms with van der Waals surface area (Å²) >= 11 is 5.49. The Hall–Kier alpha value is -1.10. The lowest BCUT2D eigenvalue weighted by Gasteiger charge is -2.29. The van der Waals surface area contributed by atoms with E-state index in [-0.39, 0.29) is 5.41 Å². The summed E-state index contributed by atoms with van der Waals surface area (Å²) in [5.74, 6) is 0.596. The van der Waals surface area contributed by atoms with E-state index in [1.807, 2.05) is 11.6 Å². The van der Waals surface area contributed by atoms with Crippen molar-refractivity contribution in [2.75, 3.05) is 0 Å². The zero-order chi connectivity index (χ0) is 14.4. The van der Waals surface area contributed by atoms with Crippen molar-refractivity contribution in [1.82, 2.24) is 19.3 Å². The fourth-order valence-corrected chi connectivity index (χ4v) is 2.47. The first kappa shape index (κ1) is 14.3. The van der Waals surface area contributed by atoms with Crippen LogP contribution in [0.5, 0.6) is 0 Å². The highest BCUT2D eigenvalue weighted by Crippen LogP contribution is 2.30. The maximum Gasteiger partial charge on any atom is 0.179 e. The van der Waals surface area contributed by atoms with Crippen LogP contribution in [0.15, 0.2) is 0 Å². The number of fused-ring (bicyclic) bond motifs is 1. The van der Waals surface area contributed by atoms with E-state index in [2.05, 4.69) is 49.3 Å². The fraction of sp³-hybridized carbons (Fsp3) is 0.714. The lowest BCUT2D eigenvalue weighted by molar-refractivity contribution is 0.210. The second-order valence-corrected chi connectivity index (χ2v) is 6.65. The van der Waals surface area contributed by atoms with E-state index in [4.69, 9.17) is 12.2 Å². The van der Waals surface area contributed by atoms with Crippen molar-refractivity contribution >= 4 is 23.4 Å². The topological polar surface area (TPSA) is 38.5 Å². The Balaban J connectivity index is 2.60. The van der Waals surface area contributed by atoms with Gasteiger partial charge in [0.2, 0.25) is 0 Å². The Bertz CT molecular complexity index is 642. The summed E-state index contributed by atoms with van der Waals surface area (Å²) in [6.07, 6.45) is 0. The molecular weight excluding hydrogens is 256 g/mol. The molecule has 5 heteroatoms. The second-order valence-electron chi connectivity index (χ2n) is 6.26. The number of hydrogen-bond donors (Lipinski definition) is 1.